The van der Waals surface area contributed by atoms with Crippen LogP contribution in [0.15, 0.2) is 35.5 Å². The van der Waals surface area contributed by atoms with E-state index in [1.165, 1.54) is 16.7 Å². The first-order valence-electron chi connectivity index (χ1n) is 5.45. The molecule has 0 aliphatic heterocycles. The minimum atomic E-state index is 0.557. The van der Waals surface area contributed by atoms with E-state index in [1.807, 2.05) is 6.08 Å². The first-order valence-corrected chi connectivity index (χ1v) is 5.45. The van der Waals surface area contributed by atoms with E-state index in [1.54, 1.807) is 0 Å². The van der Waals surface area contributed by atoms with Crippen LogP contribution in [0.3, 0.4) is 0 Å². The molecule has 0 spiro atoms. The van der Waals surface area contributed by atoms with E-state index in [2.05, 4.69) is 54.2 Å². The molecule has 0 saturated heterocycles. The minimum Gasteiger partial charge on any atom is -0.0988 e. The quantitative estimate of drug-likeness (QED) is 0.564. The van der Waals surface area contributed by atoms with Crippen LogP contribution in [0, 0.1) is 11.8 Å². The second kappa shape index (κ2) is 5.85. The van der Waals surface area contributed by atoms with Crippen molar-refractivity contribution in [1.29, 1.82) is 0 Å². The van der Waals surface area contributed by atoms with Gasteiger partial charge in [-0.2, -0.15) is 0 Å². The van der Waals surface area contributed by atoms with Gasteiger partial charge in [0, 0.05) is 0 Å². The van der Waals surface area contributed by atoms with Gasteiger partial charge in [0.2, 0.25) is 0 Å². The summed E-state index contributed by atoms with van der Waals surface area (Å²) in [7, 11) is 0. The Hall–Kier alpha value is -0.780. The predicted molar refractivity (Wildman–Crippen MR) is 66.3 cm³/mol. The first kappa shape index (κ1) is 13.2. The lowest BCUT2D eigenvalue weighted by atomic mass is 9.88. The highest BCUT2D eigenvalue weighted by atomic mass is 14.1. The molecule has 0 aliphatic rings. The zero-order valence-electron chi connectivity index (χ0n) is 10.5. The molecule has 0 unspecified atom stereocenters. The summed E-state index contributed by atoms with van der Waals surface area (Å²) >= 11 is 0. The highest BCUT2D eigenvalue weighted by molar-refractivity contribution is 5.39. The number of hydrogen-bond acceptors (Lipinski definition) is 0. The van der Waals surface area contributed by atoms with Crippen molar-refractivity contribution in [2.24, 2.45) is 11.8 Å². The third-order valence-corrected chi connectivity index (χ3v) is 2.64. The molecule has 0 aromatic rings. The van der Waals surface area contributed by atoms with Gasteiger partial charge in [0.05, 0.1) is 0 Å². The Balaban J connectivity index is 5.23. The molecule has 0 amide bonds. The lowest BCUT2D eigenvalue weighted by Crippen LogP contribution is -2.02. The van der Waals surface area contributed by atoms with Gasteiger partial charge >= 0.3 is 0 Å². The topological polar surface area (TPSA) is 0 Å². The molecule has 0 rings (SSSR count). The van der Waals surface area contributed by atoms with E-state index in [0.717, 1.165) is 0 Å². The Morgan fingerprint density at radius 3 is 1.79 bits per heavy atom. The molecular formula is C14H24. The van der Waals surface area contributed by atoms with Crippen molar-refractivity contribution in [3.05, 3.63) is 35.5 Å². The van der Waals surface area contributed by atoms with E-state index in [4.69, 9.17) is 0 Å². The van der Waals surface area contributed by atoms with E-state index in [-0.39, 0.29) is 0 Å². The summed E-state index contributed by atoms with van der Waals surface area (Å²) in [5, 5.41) is 0. The molecule has 14 heavy (non-hydrogen) atoms. The summed E-state index contributed by atoms with van der Waals surface area (Å²) in [6.45, 7) is 17.1. The number of hydrogen-bond donors (Lipinski definition) is 0. The molecule has 0 fully saturated rings. The van der Waals surface area contributed by atoms with Crippen molar-refractivity contribution in [3.63, 3.8) is 0 Å². The largest absolute Gasteiger partial charge is 0.0988 e. The Morgan fingerprint density at radius 1 is 1.07 bits per heavy atom. The number of allylic oxidation sites excluding steroid dienone is 5. The Morgan fingerprint density at radius 2 is 1.57 bits per heavy atom. The van der Waals surface area contributed by atoms with Crippen LogP contribution in [0.1, 0.15) is 41.5 Å². The Bertz CT molecular complexity index is 249. The van der Waals surface area contributed by atoms with Crippen LogP contribution in [-0.4, -0.2) is 0 Å². The lowest BCUT2D eigenvalue weighted by Gasteiger charge is -2.17. The molecule has 0 saturated carbocycles. The Labute approximate surface area is 89.4 Å². The van der Waals surface area contributed by atoms with Crippen molar-refractivity contribution in [2.75, 3.05) is 0 Å². The summed E-state index contributed by atoms with van der Waals surface area (Å²) in [4.78, 5) is 0. The first-order chi connectivity index (χ1) is 6.45. The minimum absolute atomic E-state index is 0.557. The average Bonchev–Trinajstić information content (AvgIpc) is 2.04. The van der Waals surface area contributed by atoms with Gasteiger partial charge in [-0.25, -0.2) is 0 Å². The molecule has 0 heteroatoms. The lowest BCUT2D eigenvalue weighted by molar-refractivity contribution is 0.743. The van der Waals surface area contributed by atoms with Crippen LogP contribution < -0.4 is 0 Å². The van der Waals surface area contributed by atoms with E-state index in [9.17, 15) is 0 Å². The molecule has 0 nitrogen and oxygen atoms in total. The predicted octanol–water partition coefficient (Wildman–Crippen LogP) is 4.75. The van der Waals surface area contributed by atoms with Gasteiger partial charge in [0.1, 0.15) is 0 Å². The van der Waals surface area contributed by atoms with Gasteiger partial charge in [-0.05, 0) is 42.4 Å². The van der Waals surface area contributed by atoms with E-state index in [0.29, 0.717) is 11.8 Å². The van der Waals surface area contributed by atoms with Gasteiger partial charge in [-0.15, -0.1) is 0 Å². The van der Waals surface area contributed by atoms with E-state index >= 15 is 0 Å². The zero-order chi connectivity index (χ0) is 11.3. The summed E-state index contributed by atoms with van der Waals surface area (Å²) in [6, 6.07) is 0. The third kappa shape index (κ3) is 3.17. The van der Waals surface area contributed by atoms with Gasteiger partial charge in [0.25, 0.3) is 0 Å². The maximum absolute atomic E-state index is 3.89. The summed E-state index contributed by atoms with van der Waals surface area (Å²) in [5.41, 5.74) is 4.20. The molecule has 0 aromatic carbocycles. The normalized spacial score (nSPS) is 14.7. The fraction of sp³-hybridized carbons (Fsp3) is 0.571. The fourth-order valence-electron chi connectivity index (χ4n) is 1.97. The molecule has 0 radical (unpaired) electrons. The zero-order valence-corrected chi connectivity index (χ0v) is 10.5. The second-order valence-electron chi connectivity index (χ2n) is 4.34. The van der Waals surface area contributed by atoms with Crippen LogP contribution in [0.25, 0.3) is 0 Å². The van der Waals surface area contributed by atoms with Gasteiger partial charge in [-0.3, -0.25) is 0 Å². The van der Waals surface area contributed by atoms with Gasteiger partial charge < -0.3 is 0 Å². The van der Waals surface area contributed by atoms with Crippen LogP contribution in [0.5, 0.6) is 0 Å². The summed E-state index contributed by atoms with van der Waals surface area (Å²) in [5.74, 6) is 1.15. The Kier molecular flexibility index (Phi) is 5.52. The van der Waals surface area contributed by atoms with Gasteiger partial charge in [-0.1, -0.05) is 46.4 Å². The highest BCUT2D eigenvalue weighted by Crippen LogP contribution is 2.26. The standard InChI is InChI=1S/C14H24/c1-8-13(10(3)4)12(7)14(9-2)11(5)6/h8-11H,1H2,2-7H3/b13-12+,14-9-. The van der Waals surface area contributed by atoms with Crippen molar-refractivity contribution in [2.45, 2.75) is 41.5 Å². The van der Waals surface area contributed by atoms with Crippen LogP contribution in [0.4, 0.5) is 0 Å². The smallest absolute Gasteiger partial charge is 0.0216 e. The molecule has 80 valence electrons. The van der Waals surface area contributed by atoms with Crippen molar-refractivity contribution >= 4 is 0 Å². The van der Waals surface area contributed by atoms with E-state index < -0.39 is 0 Å². The summed E-state index contributed by atoms with van der Waals surface area (Å²) < 4.78 is 0. The van der Waals surface area contributed by atoms with Gasteiger partial charge in [0.15, 0.2) is 0 Å². The third-order valence-electron chi connectivity index (χ3n) is 2.64. The van der Waals surface area contributed by atoms with Crippen LogP contribution in [0.2, 0.25) is 0 Å². The maximum Gasteiger partial charge on any atom is -0.0216 e. The SMILES string of the molecule is C=C/C(=C(C)\C(=C/C)C(C)C)C(C)C. The monoisotopic (exact) mass is 192 g/mol. The van der Waals surface area contributed by atoms with Crippen LogP contribution in [-0.2, 0) is 0 Å². The fourth-order valence-corrected chi connectivity index (χ4v) is 1.97. The molecule has 0 aliphatic carbocycles. The molecule has 0 heterocycles. The maximum atomic E-state index is 3.89. The molecular weight excluding hydrogens is 168 g/mol. The molecule has 0 N–H and O–H groups in total. The highest BCUT2D eigenvalue weighted by Gasteiger charge is 2.10. The second-order valence-corrected chi connectivity index (χ2v) is 4.34. The number of rotatable bonds is 4. The van der Waals surface area contributed by atoms with Crippen molar-refractivity contribution in [1.82, 2.24) is 0 Å². The molecule has 0 aromatic heterocycles. The van der Waals surface area contributed by atoms with Crippen molar-refractivity contribution < 1.29 is 0 Å². The molecule has 0 bridgehead atoms. The molecule has 0 atom stereocenters. The average molecular weight is 192 g/mol. The van der Waals surface area contributed by atoms with Crippen molar-refractivity contribution in [3.8, 4) is 0 Å². The summed E-state index contributed by atoms with van der Waals surface area (Å²) in [6.07, 6.45) is 4.21. The van der Waals surface area contributed by atoms with Crippen LogP contribution >= 0.6 is 0 Å².